The molecule has 5 heteroatoms. The molecule has 0 heterocycles. The third-order valence-electron chi connectivity index (χ3n) is 2.71. The zero-order valence-electron chi connectivity index (χ0n) is 11.9. The Morgan fingerprint density at radius 3 is 2.00 bits per heavy atom. The Morgan fingerprint density at radius 2 is 1.55 bits per heavy atom. The summed E-state index contributed by atoms with van der Waals surface area (Å²) in [4.78, 5) is 34.1. The fourth-order valence-electron chi connectivity index (χ4n) is 1.59. The van der Waals surface area contributed by atoms with E-state index in [2.05, 4.69) is 5.32 Å². The molecule has 1 aromatic carbocycles. The van der Waals surface area contributed by atoms with Gasteiger partial charge in [-0.1, -0.05) is 32.9 Å². The average Bonchev–Trinajstić information content (AvgIpc) is 2.36. The number of hydrogen-bond acceptors (Lipinski definition) is 3. The van der Waals surface area contributed by atoms with Crippen molar-refractivity contribution >= 4 is 17.7 Å². The number of ketones is 1. The lowest BCUT2D eigenvalue weighted by Crippen LogP contribution is -2.26. The molecule has 0 fully saturated rings. The molecule has 5 nitrogen and oxygen atoms in total. The molecule has 0 unspecified atom stereocenters. The van der Waals surface area contributed by atoms with Gasteiger partial charge in [0.2, 0.25) is 0 Å². The van der Waals surface area contributed by atoms with E-state index < -0.39 is 11.4 Å². The van der Waals surface area contributed by atoms with E-state index in [1.165, 1.54) is 0 Å². The standard InChI is InChI=1S/C15H19NO4/c1-15(2,3)13(19)10-4-6-11(7-5-10)14(20)16-9-8-12(17)18/h4-7H,8-9H2,1-3H3,(H,16,20)(H,17,18). The summed E-state index contributed by atoms with van der Waals surface area (Å²) < 4.78 is 0. The highest BCUT2D eigenvalue weighted by atomic mass is 16.4. The number of nitrogens with one attached hydrogen (secondary N) is 1. The van der Waals surface area contributed by atoms with Crippen LogP contribution in [0.15, 0.2) is 24.3 Å². The van der Waals surface area contributed by atoms with Gasteiger partial charge in [0, 0.05) is 23.1 Å². The molecule has 2 N–H and O–H groups in total. The molecule has 1 amide bonds. The van der Waals surface area contributed by atoms with Crippen LogP contribution in [-0.2, 0) is 4.79 Å². The van der Waals surface area contributed by atoms with Gasteiger partial charge in [-0.25, -0.2) is 0 Å². The van der Waals surface area contributed by atoms with E-state index in [1.807, 2.05) is 20.8 Å². The summed E-state index contributed by atoms with van der Waals surface area (Å²) in [6.07, 6.45) is -0.119. The third-order valence-corrected chi connectivity index (χ3v) is 2.71. The van der Waals surface area contributed by atoms with Crippen molar-refractivity contribution in [2.75, 3.05) is 6.54 Å². The van der Waals surface area contributed by atoms with Crippen LogP contribution in [0.2, 0.25) is 0 Å². The van der Waals surface area contributed by atoms with Crippen LogP contribution in [0, 0.1) is 5.41 Å². The first-order valence-electron chi connectivity index (χ1n) is 6.36. The molecule has 0 saturated heterocycles. The van der Waals surface area contributed by atoms with Gasteiger partial charge in [0.1, 0.15) is 0 Å². The zero-order chi connectivity index (χ0) is 15.3. The van der Waals surface area contributed by atoms with E-state index in [9.17, 15) is 14.4 Å². The molecule has 108 valence electrons. The number of aliphatic carboxylic acids is 1. The van der Waals surface area contributed by atoms with Crippen LogP contribution in [0.1, 0.15) is 47.9 Å². The van der Waals surface area contributed by atoms with Crippen LogP contribution in [0.3, 0.4) is 0 Å². The Hall–Kier alpha value is -2.17. The van der Waals surface area contributed by atoms with Gasteiger partial charge in [-0.15, -0.1) is 0 Å². The fraction of sp³-hybridized carbons (Fsp3) is 0.400. The van der Waals surface area contributed by atoms with Crippen molar-refractivity contribution in [3.05, 3.63) is 35.4 Å². The smallest absolute Gasteiger partial charge is 0.305 e. The van der Waals surface area contributed by atoms with Crippen LogP contribution in [0.25, 0.3) is 0 Å². The number of amides is 1. The summed E-state index contributed by atoms with van der Waals surface area (Å²) in [5, 5.41) is 11.0. The molecule has 0 spiro atoms. The largest absolute Gasteiger partial charge is 0.481 e. The highest BCUT2D eigenvalue weighted by molar-refractivity contribution is 6.01. The molecule has 1 aromatic rings. The van der Waals surface area contributed by atoms with Crippen molar-refractivity contribution in [3.63, 3.8) is 0 Å². The van der Waals surface area contributed by atoms with Crippen LogP contribution < -0.4 is 5.32 Å². The van der Waals surface area contributed by atoms with E-state index in [-0.39, 0.29) is 24.7 Å². The summed E-state index contributed by atoms with van der Waals surface area (Å²) in [5.74, 6) is -1.30. The van der Waals surface area contributed by atoms with Crippen molar-refractivity contribution < 1.29 is 19.5 Å². The van der Waals surface area contributed by atoms with Gasteiger partial charge < -0.3 is 10.4 Å². The first-order chi connectivity index (χ1) is 9.21. The molecule has 20 heavy (non-hydrogen) atoms. The van der Waals surface area contributed by atoms with Crippen LogP contribution in [0.4, 0.5) is 0 Å². The number of benzene rings is 1. The summed E-state index contributed by atoms with van der Waals surface area (Å²) in [6.45, 7) is 5.59. The predicted molar refractivity (Wildman–Crippen MR) is 74.8 cm³/mol. The topological polar surface area (TPSA) is 83.5 Å². The van der Waals surface area contributed by atoms with Crippen molar-refractivity contribution in [2.45, 2.75) is 27.2 Å². The number of carbonyl (C=O) groups is 3. The Labute approximate surface area is 118 Å². The predicted octanol–water partition coefficient (Wildman–Crippen LogP) is 2.12. The average molecular weight is 277 g/mol. The minimum Gasteiger partial charge on any atom is -0.481 e. The van der Waals surface area contributed by atoms with E-state index >= 15 is 0 Å². The van der Waals surface area contributed by atoms with Gasteiger partial charge in [-0.05, 0) is 12.1 Å². The molecule has 0 atom stereocenters. The normalized spacial score (nSPS) is 10.9. The minimum absolute atomic E-state index is 0.00957. The van der Waals surface area contributed by atoms with E-state index in [0.717, 1.165) is 0 Å². The van der Waals surface area contributed by atoms with Gasteiger partial charge in [0.05, 0.1) is 6.42 Å². The van der Waals surface area contributed by atoms with Crippen molar-refractivity contribution in [1.82, 2.24) is 5.32 Å². The van der Waals surface area contributed by atoms with Crippen LogP contribution in [-0.4, -0.2) is 29.3 Å². The first kappa shape index (κ1) is 15.9. The number of hydrogen-bond donors (Lipinski definition) is 2. The second kappa shape index (κ2) is 6.32. The molecular formula is C15H19NO4. The van der Waals surface area contributed by atoms with Gasteiger partial charge in [0.15, 0.2) is 5.78 Å². The van der Waals surface area contributed by atoms with Gasteiger partial charge in [0.25, 0.3) is 5.91 Å². The molecule has 0 saturated carbocycles. The maximum Gasteiger partial charge on any atom is 0.305 e. The third kappa shape index (κ3) is 4.50. The Bertz CT molecular complexity index is 512. The Balaban J connectivity index is 2.69. The maximum absolute atomic E-state index is 12.0. The fourth-order valence-corrected chi connectivity index (χ4v) is 1.59. The Kier molecular flexibility index (Phi) is 5.02. The lowest BCUT2D eigenvalue weighted by molar-refractivity contribution is -0.136. The van der Waals surface area contributed by atoms with Crippen LogP contribution in [0.5, 0.6) is 0 Å². The van der Waals surface area contributed by atoms with Crippen molar-refractivity contribution in [3.8, 4) is 0 Å². The van der Waals surface area contributed by atoms with E-state index in [0.29, 0.717) is 11.1 Å². The molecule has 1 rings (SSSR count). The SMILES string of the molecule is CC(C)(C)C(=O)c1ccc(C(=O)NCCC(=O)O)cc1. The van der Waals surface area contributed by atoms with Crippen molar-refractivity contribution in [1.29, 1.82) is 0 Å². The van der Waals surface area contributed by atoms with Gasteiger partial charge in [-0.2, -0.15) is 0 Å². The van der Waals surface area contributed by atoms with Gasteiger partial charge >= 0.3 is 5.97 Å². The molecule has 0 aliphatic carbocycles. The van der Waals surface area contributed by atoms with Crippen molar-refractivity contribution in [2.24, 2.45) is 5.41 Å². The lowest BCUT2D eigenvalue weighted by Gasteiger charge is -2.16. The Morgan fingerprint density at radius 1 is 1.05 bits per heavy atom. The highest BCUT2D eigenvalue weighted by Crippen LogP contribution is 2.20. The summed E-state index contributed by atoms with van der Waals surface area (Å²) in [7, 11) is 0. The molecule has 0 aromatic heterocycles. The van der Waals surface area contributed by atoms with Crippen LogP contribution >= 0.6 is 0 Å². The lowest BCUT2D eigenvalue weighted by atomic mass is 9.86. The number of Topliss-reactive ketones (excluding diaryl/α,β-unsaturated/α-hetero) is 1. The molecule has 0 radical (unpaired) electrons. The molecule has 0 aliphatic rings. The quantitative estimate of drug-likeness (QED) is 0.807. The number of rotatable bonds is 5. The second-order valence-corrected chi connectivity index (χ2v) is 5.56. The monoisotopic (exact) mass is 277 g/mol. The number of carbonyl (C=O) groups excluding carboxylic acids is 2. The summed E-state index contributed by atoms with van der Waals surface area (Å²) >= 11 is 0. The second-order valence-electron chi connectivity index (χ2n) is 5.56. The number of carboxylic acid groups (broad SMARTS) is 1. The molecular weight excluding hydrogens is 258 g/mol. The zero-order valence-corrected chi connectivity index (χ0v) is 11.9. The summed E-state index contributed by atoms with van der Waals surface area (Å²) in [6, 6.07) is 6.35. The minimum atomic E-state index is -0.962. The number of carboxylic acids is 1. The highest BCUT2D eigenvalue weighted by Gasteiger charge is 2.22. The summed E-state index contributed by atoms with van der Waals surface area (Å²) in [5.41, 5.74) is 0.492. The first-order valence-corrected chi connectivity index (χ1v) is 6.36. The van der Waals surface area contributed by atoms with E-state index in [1.54, 1.807) is 24.3 Å². The molecule has 0 aliphatic heterocycles. The van der Waals surface area contributed by atoms with Gasteiger partial charge in [-0.3, -0.25) is 14.4 Å². The molecule has 0 bridgehead atoms. The maximum atomic E-state index is 12.0. The van der Waals surface area contributed by atoms with E-state index in [4.69, 9.17) is 5.11 Å².